The molecule has 1 atom stereocenters. The number of ketones is 1. The summed E-state index contributed by atoms with van der Waals surface area (Å²) in [6.07, 6.45) is 4.35. The first-order chi connectivity index (χ1) is 11.7. The average molecular weight is 323 g/mol. The fraction of sp³-hybridized carbons (Fsp3) is 0.316. The monoisotopic (exact) mass is 323 g/mol. The predicted octanol–water partition coefficient (Wildman–Crippen LogP) is 2.90. The van der Waals surface area contributed by atoms with E-state index in [0.29, 0.717) is 19.4 Å². The minimum atomic E-state index is 0.0748. The van der Waals surface area contributed by atoms with Crippen LogP contribution in [0.3, 0.4) is 0 Å². The number of rotatable bonds is 7. The Labute approximate surface area is 141 Å². The van der Waals surface area contributed by atoms with Crippen molar-refractivity contribution in [1.29, 1.82) is 0 Å². The molecule has 0 saturated heterocycles. The topological polar surface area (TPSA) is 57.0 Å². The Morgan fingerprint density at radius 2 is 2.04 bits per heavy atom. The van der Waals surface area contributed by atoms with Gasteiger partial charge in [0.1, 0.15) is 5.78 Å². The van der Waals surface area contributed by atoms with Crippen LogP contribution < -0.4 is 0 Å². The van der Waals surface area contributed by atoms with Gasteiger partial charge in [-0.3, -0.25) is 14.5 Å². The van der Waals surface area contributed by atoms with Crippen molar-refractivity contribution in [2.75, 3.05) is 13.7 Å². The van der Waals surface area contributed by atoms with E-state index < -0.39 is 0 Å². The van der Waals surface area contributed by atoms with Gasteiger partial charge in [-0.25, -0.2) is 0 Å². The van der Waals surface area contributed by atoms with E-state index in [1.165, 1.54) is 0 Å². The van der Waals surface area contributed by atoms with Gasteiger partial charge in [-0.1, -0.05) is 30.3 Å². The van der Waals surface area contributed by atoms with E-state index in [2.05, 4.69) is 10.1 Å². The highest BCUT2D eigenvalue weighted by atomic mass is 16.5. The second-order valence-corrected chi connectivity index (χ2v) is 5.99. The maximum absolute atomic E-state index is 12.5. The molecule has 0 bridgehead atoms. The zero-order valence-electron chi connectivity index (χ0n) is 14.0. The number of nitrogens with zero attached hydrogens (tertiary/aromatic N) is 3. The van der Waals surface area contributed by atoms with Gasteiger partial charge in [0.25, 0.3) is 0 Å². The Bertz CT molecular complexity index is 827. The molecule has 3 rings (SSSR count). The van der Waals surface area contributed by atoms with Gasteiger partial charge in [0.05, 0.1) is 24.5 Å². The number of benzene rings is 1. The predicted molar refractivity (Wildman–Crippen MR) is 92.9 cm³/mol. The molecule has 2 heterocycles. The quantitative estimate of drug-likeness (QED) is 0.671. The van der Waals surface area contributed by atoms with E-state index in [1.54, 1.807) is 24.2 Å². The summed E-state index contributed by atoms with van der Waals surface area (Å²) in [7, 11) is 3.54. The first kappa shape index (κ1) is 16.3. The number of carbonyl (C=O) groups excluding carboxylic acids is 1. The van der Waals surface area contributed by atoms with Crippen molar-refractivity contribution in [3.8, 4) is 0 Å². The Morgan fingerprint density at radius 1 is 1.25 bits per heavy atom. The third kappa shape index (κ3) is 3.68. The largest absolute Gasteiger partial charge is 0.384 e. The van der Waals surface area contributed by atoms with Crippen molar-refractivity contribution in [2.24, 2.45) is 7.05 Å². The Morgan fingerprint density at radius 3 is 2.79 bits per heavy atom. The lowest BCUT2D eigenvalue weighted by atomic mass is 9.93. The van der Waals surface area contributed by atoms with Gasteiger partial charge in [-0.15, -0.1) is 0 Å². The second kappa shape index (κ2) is 7.36. The van der Waals surface area contributed by atoms with Gasteiger partial charge < -0.3 is 4.74 Å². The Hall–Kier alpha value is -2.53. The molecule has 5 nitrogen and oxygen atoms in total. The van der Waals surface area contributed by atoms with Crippen molar-refractivity contribution in [2.45, 2.75) is 18.8 Å². The first-order valence-electron chi connectivity index (χ1n) is 7.99. The van der Waals surface area contributed by atoms with Gasteiger partial charge in [0.2, 0.25) is 0 Å². The number of ether oxygens (including phenoxy) is 1. The van der Waals surface area contributed by atoms with Gasteiger partial charge in [-0.2, -0.15) is 5.10 Å². The first-order valence-corrected chi connectivity index (χ1v) is 7.99. The number of fused-ring (bicyclic) bond motifs is 1. The summed E-state index contributed by atoms with van der Waals surface area (Å²) in [5.41, 5.74) is 2.88. The number of aromatic nitrogens is 3. The fourth-order valence-corrected chi connectivity index (χ4v) is 2.94. The SMILES string of the molecule is COC[C@@H](CC(=O)Cc1cc2cnn(C)c2cn1)c1ccccc1. The normalized spacial score (nSPS) is 12.4. The zero-order chi connectivity index (χ0) is 16.9. The standard InChI is InChI=1S/C19H21N3O2/c1-22-19-12-20-17(8-15(19)11-21-22)10-18(23)9-16(13-24-2)14-6-4-3-5-7-14/h3-8,11-12,16H,9-10,13H2,1-2H3/t16-/m1/s1. The third-order valence-electron chi connectivity index (χ3n) is 4.18. The van der Waals surface area contributed by atoms with E-state index in [4.69, 9.17) is 4.74 Å². The molecule has 0 radical (unpaired) electrons. The summed E-state index contributed by atoms with van der Waals surface area (Å²) in [4.78, 5) is 16.9. The molecule has 3 aromatic rings. The molecule has 24 heavy (non-hydrogen) atoms. The molecule has 0 aliphatic carbocycles. The van der Waals surface area contributed by atoms with E-state index in [9.17, 15) is 4.79 Å². The molecule has 0 fully saturated rings. The van der Waals surface area contributed by atoms with E-state index >= 15 is 0 Å². The van der Waals surface area contributed by atoms with Gasteiger partial charge in [0.15, 0.2) is 0 Å². The lowest BCUT2D eigenvalue weighted by Crippen LogP contribution is -2.14. The van der Waals surface area contributed by atoms with Crippen molar-refractivity contribution in [3.05, 3.63) is 60.0 Å². The summed E-state index contributed by atoms with van der Waals surface area (Å²) >= 11 is 0. The molecule has 2 aromatic heterocycles. The van der Waals surface area contributed by atoms with E-state index in [0.717, 1.165) is 22.2 Å². The summed E-state index contributed by atoms with van der Waals surface area (Å²) in [5, 5.41) is 5.21. The summed E-state index contributed by atoms with van der Waals surface area (Å²) in [5.74, 6) is 0.238. The molecule has 0 spiro atoms. The number of Topliss-reactive ketones (excluding diaryl/α,β-unsaturated/α-hetero) is 1. The van der Waals surface area contributed by atoms with E-state index in [1.807, 2.05) is 43.4 Å². The van der Waals surface area contributed by atoms with Crippen LogP contribution in [0.5, 0.6) is 0 Å². The van der Waals surface area contributed by atoms with Crippen LogP contribution in [0.15, 0.2) is 48.8 Å². The molecule has 0 aliphatic rings. The Kier molecular flexibility index (Phi) is 5.01. The molecule has 0 unspecified atom stereocenters. The molecule has 124 valence electrons. The Balaban J connectivity index is 1.70. The van der Waals surface area contributed by atoms with Crippen LogP contribution in [0.25, 0.3) is 10.9 Å². The number of hydrogen-bond donors (Lipinski definition) is 0. The minimum absolute atomic E-state index is 0.0748. The number of hydrogen-bond acceptors (Lipinski definition) is 4. The van der Waals surface area contributed by atoms with Crippen LogP contribution in [-0.2, 0) is 23.0 Å². The zero-order valence-corrected chi connectivity index (χ0v) is 14.0. The summed E-state index contributed by atoms with van der Waals surface area (Å²) in [6.45, 7) is 0.533. The number of pyridine rings is 1. The lowest BCUT2D eigenvalue weighted by Gasteiger charge is -2.15. The van der Waals surface area contributed by atoms with Crippen LogP contribution >= 0.6 is 0 Å². The van der Waals surface area contributed by atoms with Crippen molar-refractivity contribution >= 4 is 16.7 Å². The fourth-order valence-electron chi connectivity index (χ4n) is 2.94. The number of carbonyl (C=O) groups is 1. The molecular weight excluding hydrogens is 302 g/mol. The molecule has 0 amide bonds. The van der Waals surface area contributed by atoms with Crippen LogP contribution in [0.1, 0.15) is 23.6 Å². The van der Waals surface area contributed by atoms with Crippen LogP contribution in [0.4, 0.5) is 0 Å². The summed E-state index contributed by atoms with van der Waals surface area (Å²) < 4.78 is 7.07. The molecule has 0 aliphatic heterocycles. The van der Waals surface area contributed by atoms with Crippen LogP contribution in [0, 0.1) is 0 Å². The summed E-state index contributed by atoms with van der Waals surface area (Å²) in [6, 6.07) is 12.0. The lowest BCUT2D eigenvalue weighted by molar-refractivity contribution is -0.119. The van der Waals surface area contributed by atoms with E-state index in [-0.39, 0.29) is 11.7 Å². The molecular formula is C19H21N3O2. The smallest absolute Gasteiger partial charge is 0.139 e. The maximum atomic E-state index is 12.5. The highest BCUT2D eigenvalue weighted by molar-refractivity contribution is 5.83. The van der Waals surface area contributed by atoms with Crippen LogP contribution in [-0.4, -0.2) is 34.3 Å². The van der Waals surface area contributed by atoms with Gasteiger partial charge in [-0.05, 0) is 11.6 Å². The van der Waals surface area contributed by atoms with Gasteiger partial charge >= 0.3 is 0 Å². The van der Waals surface area contributed by atoms with Crippen molar-refractivity contribution in [3.63, 3.8) is 0 Å². The number of aryl methyl sites for hydroxylation is 1. The highest BCUT2D eigenvalue weighted by Gasteiger charge is 2.17. The number of methoxy groups -OCH3 is 1. The average Bonchev–Trinajstić information content (AvgIpc) is 2.96. The molecule has 0 saturated carbocycles. The molecule has 1 aromatic carbocycles. The van der Waals surface area contributed by atoms with Crippen molar-refractivity contribution < 1.29 is 9.53 Å². The molecule has 5 heteroatoms. The maximum Gasteiger partial charge on any atom is 0.139 e. The second-order valence-electron chi connectivity index (χ2n) is 5.99. The highest BCUT2D eigenvalue weighted by Crippen LogP contribution is 2.21. The van der Waals surface area contributed by atoms with Gasteiger partial charge in [0, 0.05) is 44.0 Å². The van der Waals surface area contributed by atoms with Crippen molar-refractivity contribution in [1.82, 2.24) is 14.8 Å². The van der Waals surface area contributed by atoms with Crippen LogP contribution in [0.2, 0.25) is 0 Å². The minimum Gasteiger partial charge on any atom is -0.384 e. The third-order valence-corrected chi connectivity index (χ3v) is 4.18. The molecule has 0 N–H and O–H groups in total.